The third-order valence-corrected chi connectivity index (χ3v) is 3.89. The topological polar surface area (TPSA) is 59.0 Å². The van der Waals surface area contributed by atoms with E-state index in [2.05, 4.69) is 0 Å². The van der Waals surface area contributed by atoms with Crippen molar-refractivity contribution in [1.82, 2.24) is 4.90 Å². The van der Waals surface area contributed by atoms with Crippen molar-refractivity contribution >= 4 is 5.91 Å². The summed E-state index contributed by atoms with van der Waals surface area (Å²) in [6.07, 6.45) is -0.00654. The summed E-state index contributed by atoms with van der Waals surface area (Å²) < 4.78 is 11.8. The average molecular weight is 321 g/mol. The first-order chi connectivity index (χ1) is 10.9. The third-order valence-electron chi connectivity index (χ3n) is 3.89. The second-order valence-electron chi connectivity index (χ2n) is 6.66. The van der Waals surface area contributed by atoms with Crippen molar-refractivity contribution in [3.63, 3.8) is 0 Å². The number of rotatable bonds is 6. The number of hydrogen-bond donors (Lipinski definition) is 1. The second kappa shape index (κ2) is 7.79. The van der Waals surface area contributed by atoms with Gasteiger partial charge in [0.05, 0.1) is 24.7 Å². The molecular weight excluding hydrogens is 294 g/mol. The normalized spacial score (nSPS) is 21.7. The first-order valence-electron chi connectivity index (χ1n) is 8.21. The van der Waals surface area contributed by atoms with Crippen LogP contribution >= 0.6 is 0 Å². The van der Waals surface area contributed by atoms with Crippen LogP contribution in [0.25, 0.3) is 0 Å². The van der Waals surface area contributed by atoms with Gasteiger partial charge in [0.2, 0.25) is 5.91 Å². The number of carbonyl (C=O) groups excluding carboxylic acids is 1. The molecule has 2 atom stereocenters. The van der Waals surface area contributed by atoms with Gasteiger partial charge in [0, 0.05) is 6.54 Å². The number of aliphatic hydroxyl groups is 1. The Kier molecular flexibility index (Phi) is 6.02. The molecule has 1 aliphatic heterocycles. The zero-order valence-corrected chi connectivity index (χ0v) is 14.2. The first kappa shape index (κ1) is 17.8. The summed E-state index contributed by atoms with van der Waals surface area (Å²) >= 11 is 0. The minimum atomic E-state index is -0.576. The van der Waals surface area contributed by atoms with E-state index in [-0.39, 0.29) is 18.4 Å². The van der Waals surface area contributed by atoms with Gasteiger partial charge in [0.15, 0.2) is 0 Å². The Hall–Kier alpha value is -1.59. The molecule has 1 amide bonds. The van der Waals surface area contributed by atoms with E-state index in [0.717, 1.165) is 5.75 Å². The highest BCUT2D eigenvalue weighted by Gasteiger charge is 2.36. The summed E-state index contributed by atoms with van der Waals surface area (Å²) in [4.78, 5) is 14.1. The summed E-state index contributed by atoms with van der Waals surface area (Å²) in [5.74, 6) is 0.763. The van der Waals surface area contributed by atoms with Crippen LogP contribution in [0.2, 0.25) is 0 Å². The van der Waals surface area contributed by atoms with Gasteiger partial charge in [0.25, 0.3) is 0 Å². The molecule has 128 valence electrons. The average Bonchev–Trinajstić information content (AvgIpc) is 2.52. The quantitative estimate of drug-likeness (QED) is 0.873. The first-order valence-corrected chi connectivity index (χ1v) is 8.21. The van der Waals surface area contributed by atoms with Crippen molar-refractivity contribution in [2.75, 3.05) is 19.7 Å². The van der Waals surface area contributed by atoms with Gasteiger partial charge in [-0.25, -0.2) is 0 Å². The number of amides is 1. The zero-order chi connectivity index (χ0) is 16.9. The van der Waals surface area contributed by atoms with Crippen LogP contribution in [0.15, 0.2) is 30.3 Å². The zero-order valence-electron chi connectivity index (χ0n) is 14.2. The lowest BCUT2D eigenvalue weighted by Gasteiger charge is -2.42. The Balaban J connectivity index is 1.94. The number of ether oxygens (including phenoxy) is 2. The minimum Gasteiger partial charge on any atom is -0.491 e. The van der Waals surface area contributed by atoms with Gasteiger partial charge < -0.3 is 19.5 Å². The smallest absolute Gasteiger partial charge is 0.225 e. The van der Waals surface area contributed by atoms with Crippen LogP contribution in [0.5, 0.6) is 5.75 Å². The van der Waals surface area contributed by atoms with E-state index in [0.29, 0.717) is 26.1 Å². The highest BCUT2D eigenvalue weighted by atomic mass is 16.5. The van der Waals surface area contributed by atoms with Crippen LogP contribution in [0.4, 0.5) is 0 Å². The lowest BCUT2D eigenvalue weighted by atomic mass is 10.0. The van der Waals surface area contributed by atoms with Crippen molar-refractivity contribution in [1.29, 1.82) is 0 Å². The Morgan fingerprint density at radius 1 is 1.43 bits per heavy atom. The van der Waals surface area contributed by atoms with E-state index < -0.39 is 11.7 Å². The fraction of sp³-hybridized carbons (Fsp3) is 0.611. The SMILES string of the molecule is CCC(O)CC(=O)N1CC(COc2ccccc2)OC(C)(C)C1. The van der Waals surface area contributed by atoms with Crippen LogP contribution in [0, 0.1) is 0 Å². The molecule has 1 N–H and O–H groups in total. The highest BCUT2D eigenvalue weighted by Crippen LogP contribution is 2.23. The molecule has 1 fully saturated rings. The predicted octanol–water partition coefficient (Wildman–Crippen LogP) is 2.23. The molecule has 1 heterocycles. The molecule has 0 saturated carbocycles. The van der Waals surface area contributed by atoms with Crippen molar-refractivity contribution < 1.29 is 19.4 Å². The molecular formula is C18H27NO4. The van der Waals surface area contributed by atoms with E-state index in [4.69, 9.17) is 9.47 Å². The summed E-state index contributed by atoms with van der Waals surface area (Å²) in [6, 6.07) is 9.57. The van der Waals surface area contributed by atoms with Crippen LogP contribution in [0.3, 0.4) is 0 Å². The van der Waals surface area contributed by atoms with E-state index in [1.807, 2.05) is 51.1 Å². The second-order valence-corrected chi connectivity index (χ2v) is 6.66. The van der Waals surface area contributed by atoms with Gasteiger partial charge in [0.1, 0.15) is 18.5 Å². The van der Waals surface area contributed by atoms with Crippen molar-refractivity contribution in [2.24, 2.45) is 0 Å². The molecule has 0 radical (unpaired) electrons. The summed E-state index contributed by atoms with van der Waals surface area (Å²) in [7, 11) is 0. The molecule has 0 bridgehead atoms. The molecule has 5 nitrogen and oxygen atoms in total. The van der Waals surface area contributed by atoms with Gasteiger partial charge in [-0.2, -0.15) is 0 Å². The Bertz CT molecular complexity index is 503. The number of para-hydroxylation sites is 1. The molecule has 0 aromatic heterocycles. The van der Waals surface area contributed by atoms with Crippen molar-refractivity contribution in [3.05, 3.63) is 30.3 Å². The van der Waals surface area contributed by atoms with E-state index in [9.17, 15) is 9.90 Å². The van der Waals surface area contributed by atoms with E-state index in [1.165, 1.54) is 0 Å². The number of aliphatic hydroxyl groups excluding tert-OH is 1. The maximum absolute atomic E-state index is 12.3. The van der Waals surface area contributed by atoms with Gasteiger partial charge in [-0.3, -0.25) is 4.79 Å². The van der Waals surface area contributed by atoms with Gasteiger partial charge in [-0.15, -0.1) is 0 Å². The van der Waals surface area contributed by atoms with Crippen LogP contribution < -0.4 is 4.74 Å². The minimum absolute atomic E-state index is 0.0274. The van der Waals surface area contributed by atoms with Crippen molar-refractivity contribution in [3.8, 4) is 5.75 Å². The van der Waals surface area contributed by atoms with Crippen LogP contribution in [-0.4, -0.2) is 53.4 Å². The predicted molar refractivity (Wildman–Crippen MR) is 88.4 cm³/mol. The maximum Gasteiger partial charge on any atom is 0.225 e. The van der Waals surface area contributed by atoms with Gasteiger partial charge in [-0.05, 0) is 32.4 Å². The molecule has 0 spiro atoms. The van der Waals surface area contributed by atoms with E-state index >= 15 is 0 Å². The number of benzene rings is 1. The Labute approximate surface area is 138 Å². The summed E-state index contributed by atoms with van der Waals surface area (Å²) in [6.45, 7) is 7.23. The lowest BCUT2D eigenvalue weighted by molar-refractivity contribution is -0.166. The van der Waals surface area contributed by atoms with Crippen LogP contribution in [0.1, 0.15) is 33.6 Å². The number of carbonyl (C=O) groups is 1. The molecule has 0 aliphatic carbocycles. The van der Waals surface area contributed by atoms with Gasteiger partial charge >= 0.3 is 0 Å². The fourth-order valence-electron chi connectivity index (χ4n) is 2.75. The van der Waals surface area contributed by atoms with E-state index in [1.54, 1.807) is 4.90 Å². The monoisotopic (exact) mass is 321 g/mol. The summed E-state index contributed by atoms with van der Waals surface area (Å²) in [5.41, 5.74) is -0.421. The Morgan fingerprint density at radius 2 is 2.13 bits per heavy atom. The fourth-order valence-corrected chi connectivity index (χ4v) is 2.75. The number of nitrogens with zero attached hydrogens (tertiary/aromatic N) is 1. The Morgan fingerprint density at radius 3 is 2.78 bits per heavy atom. The molecule has 2 rings (SSSR count). The molecule has 1 saturated heterocycles. The van der Waals surface area contributed by atoms with Gasteiger partial charge in [-0.1, -0.05) is 25.1 Å². The molecule has 23 heavy (non-hydrogen) atoms. The number of morpholine rings is 1. The molecule has 1 aromatic rings. The third kappa shape index (κ3) is 5.52. The highest BCUT2D eigenvalue weighted by molar-refractivity contribution is 5.77. The van der Waals surface area contributed by atoms with Crippen molar-refractivity contribution in [2.45, 2.75) is 51.4 Å². The maximum atomic E-state index is 12.3. The molecule has 1 aliphatic rings. The van der Waals surface area contributed by atoms with Crippen LogP contribution in [-0.2, 0) is 9.53 Å². The molecule has 2 unspecified atom stereocenters. The number of hydrogen-bond acceptors (Lipinski definition) is 4. The largest absolute Gasteiger partial charge is 0.491 e. The molecule has 1 aromatic carbocycles. The standard InChI is InChI=1S/C18H27NO4/c1-4-14(20)10-17(21)19-11-16(23-18(2,3)13-19)12-22-15-8-6-5-7-9-15/h5-9,14,16,20H,4,10-13H2,1-3H3. The molecule has 5 heteroatoms. The summed E-state index contributed by atoms with van der Waals surface area (Å²) in [5, 5.41) is 9.70. The lowest BCUT2D eigenvalue weighted by Crippen LogP contribution is -2.56.